The lowest BCUT2D eigenvalue weighted by molar-refractivity contribution is 0.917. The van der Waals surface area contributed by atoms with E-state index in [0.29, 0.717) is 0 Å². The fourth-order valence-corrected chi connectivity index (χ4v) is 3.32. The van der Waals surface area contributed by atoms with Crippen molar-refractivity contribution < 1.29 is 0 Å². The summed E-state index contributed by atoms with van der Waals surface area (Å²) in [6.45, 7) is 0. The molecule has 0 unspecified atom stereocenters. The van der Waals surface area contributed by atoms with Gasteiger partial charge in [-0.25, -0.2) is 9.50 Å². The van der Waals surface area contributed by atoms with Gasteiger partial charge in [-0.15, -0.1) is 0 Å². The normalized spacial score (nSPS) is 12.3. The Balaban J connectivity index is 2.71. The lowest BCUT2D eigenvalue weighted by atomic mass is 10.4. The summed E-state index contributed by atoms with van der Waals surface area (Å²) in [7, 11) is 0. The minimum absolute atomic E-state index is 0.516. The molecule has 2 rings (SSSR count). The highest BCUT2D eigenvalue weighted by Crippen LogP contribution is 2.45. The van der Waals surface area contributed by atoms with Gasteiger partial charge in [-0.1, -0.05) is 47.8 Å². The van der Waals surface area contributed by atoms with Crippen LogP contribution >= 0.6 is 63.7 Å². The molecule has 0 fully saturated rings. The van der Waals surface area contributed by atoms with Crippen molar-refractivity contribution in [1.29, 1.82) is 0 Å². The van der Waals surface area contributed by atoms with Crippen LogP contribution in [-0.2, 0) is 2.14 Å². The van der Waals surface area contributed by atoms with Gasteiger partial charge in [-0.3, -0.25) is 0 Å². The third-order valence-electron chi connectivity index (χ3n) is 1.61. The molecule has 3 nitrogen and oxygen atoms in total. The maximum Gasteiger partial charge on any atom is 0.177 e. The van der Waals surface area contributed by atoms with Gasteiger partial charge in [0.05, 0.1) is 16.4 Å². The summed E-state index contributed by atoms with van der Waals surface area (Å²) in [5.41, 5.74) is 1.61. The zero-order chi connectivity index (χ0) is 10.3. The topological polar surface area (TPSA) is 30.2 Å². The summed E-state index contributed by atoms with van der Waals surface area (Å²) in [4.78, 5) is 4.42. The largest absolute Gasteiger partial charge is 0.229 e. The number of halogens is 4. The Kier molecular flexibility index (Phi) is 3.03. The number of rotatable bonds is 0. The second kappa shape index (κ2) is 3.84. The van der Waals surface area contributed by atoms with Crippen molar-refractivity contribution in [3.8, 4) is 0 Å². The number of alkyl halides is 3. The van der Waals surface area contributed by atoms with Crippen LogP contribution in [0.4, 0.5) is 0 Å². The molecule has 2 aromatic heterocycles. The van der Waals surface area contributed by atoms with Crippen LogP contribution in [0.1, 0.15) is 5.69 Å². The van der Waals surface area contributed by atoms with Gasteiger partial charge in [0, 0.05) is 12.3 Å². The van der Waals surface area contributed by atoms with Crippen molar-refractivity contribution >= 4 is 69.4 Å². The van der Waals surface area contributed by atoms with Crippen LogP contribution in [0.15, 0.2) is 22.9 Å². The standard InChI is InChI=1S/C7H3Br4N3/c8-4-3-14-5(1-2-12-14)13-6(4)7(9,10)11/h1-3H. The van der Waals surface area contributed by atoms with Crippen LogP contribution in [0, 0.1) is 0 Å². The maximum absolute atomic E-state index is 4.42. The Bertz CT molecular complexity index is 473. The van der Waals surface area contributed by atoms with E-state index in [1.165, 1.54) is 0 Å². The molecule has 0 aliphatic rings. The van der Waals surface area contributed by atoms with E-state index in [2.05, 4.69) is 73.8 Å². The van der Waals surface area contributed by atoms with Crippen molar-refractivity contribution in [3.05, 3.63) is 28.6 Å². The predicted molar refractivity (Wildman–Crippen MR) is 69.1 cm³/mol. The molecule has 0 N–H and O–H groups in total. The van der Waals surface area contributed by atoms with Crippen molar-refractivity contribution in [2.75, 3.05) is 0 Å². The summed E-state index contributed by atoms with van der Waals surface area (Å²) in [6.07, 6.45) is 3.56. The van der Waals surface area contributed by atoms with E-state index in [1.807, 2.05) is 12.3 Å². The number of hydrogen-bond donors (Lipinski definition) is 0. The van der Waals surface area contributed by atoms with E-state index in [9.17, 15) is 0 Å². The summed E-state index contributed by atoms with van der Waals surface area (Å²) in [5.74, 6) is 0. The number of aromatic nitrogens is 3. The molecule has 0 radical (unpaired) electrons. The molecule has 0 atom stereocenters. The Morgan fingerprint density at radius 3 is 2.64 bits per heavy atom. The minimum atomic E-state index is -0.516. The van der Waals surface area contributed by atoms with Gasteiger partial charge in [0.2, 0.25) is 0 Å². The van der Waals surface area contributed by atoms with E-state index in [4.69, 9.17) is 0 Å². The zero-order valence-corrected chi connectivity index (χ0v) is 12.9. The summed E-state index contributed by atoms with van der Waals surface area (Å²) < 4.78 is 2.05. The van der Waals surface area contributed by atoms with Gasteiger partial charge < -0.3 is 0 Å². The van der Waals surface area contributed by atoms with Crippen LogP contribution in [0.3, 0.4) is 0 Å². The summed E-state index contributed by atoms with van der Waals surface area (Å²) in [5, 5.41) is 4.08. The van der Waals surface area contributed by atoms with Crippen molar-refractivity contribution in [3.63, 3.8) is 0 Å². The molecule has 0 aliphatic heterocycles. The molecule has 0 aliphatic carbocycles. The smallest absolute Gasteiger partial charge is 0.177 e. The predicted octanol–water partition coefficient (Wildman–Crippen LogP) is 3.79. The number of nitrogens with zero attached hydrogens (tertiary/aromatic N) is 3. The molecule has 0 saturated heterocycles. The second-order valence-electron chi connectivity index (χ2n) is 2.57. The van der Waals surface area contributed by atoms with E-state index >= 15 is 0 Å². The molecule has 74 valence electrons. The van der Waals surface area contributed by atoms with Gasteiger partial charge in [0.1, 0.15) is 0 Å². The highest BCUT2D eigenvalue weighted by Gasteiger charge is 2.26. The van der Waals surface area contributed by atoms with Gasteiger partial charge in [-0.05, 0) is 15.9 Å². The molecule has 0 aromatic carbocycles. The molecule has 7 heteroatoms. The molecule has 0 amide bonds. The van der Waals surface area contributed by atoms with E-state index < -0.39 is 2.14 Å². The van der Waals surface area contributed by atoms with Crippen molar-refractivity contribution in [1.82, 2.24) is 14.6 Å². The minimum Gasteiger partial charge on any atom is -0.229 e. The third kappa shape index (κ3) is 2.05. The molecule has 0 saturated carbocycles. The summed E-state index contributed by atoms with van der Waals surface area (Å²) >= 11 is 13.7. The molecule has 14 heavy (non-hydrogen) atoms. The van der Waals surface area contributed by atoms with E-state index in [0.717, 1.165) is 15.8 Å². The Hall–Kier alpha value is 0.540. The molecule has 2 aromatic rings. The fraction of sp³-hybridized carbons (Fsp3) is 0.143. The van der Waals surface area contributed by atoms with Crippen LogP contribution in [0.2, 0.25) is 0 Å². The quantitative estimate of drug-likeness (QED) is 0.574. The van der Waals surface area contributed by atoms with Crippen molar-refractivity contribution in [2.24, 2.45) is 0 Å². The molecule has 0 spiro atoms. The Labute approximate surface area is 114 Å². The van der Waals surface area contributed by atoms with Crippen LogP contribution < -0.4 is 0 Å². The van der Waals surface area contributed by atoms with E-state index in [1.54, 1.807) is 10.7 Å². The van der Waals surface area contributed by atoms with Gasteiger partial charge in [-0.2, -0.15) is 5.10 Å². The van der Waals surface area contributed by atoms with Gasteiger partial charge in [0.15, 0.2) is 7.79 Å². The van der Waals surface area contributed by atoms with E-state index in [-0.39, 0.29) is 0 Å². The van der Waals surface area contributed by atoms with Crippen molar-refractivity contribution in [2.45, 2.75) is 2.14 Å². The first kappa shape index (κ1) is 11.0. The average molecular weight is 449 g/mol. The molecular formula is C7H3Br4N3. The Morgan fingerprint density at radius 2 is 2.00 bits per heavy atom. The van der Waals surface area contributed by atoms with Gasteiger partial charge in [0.25, 0.3) is 0 Å². The molecule has 2 heterocycles. The Morgan fingerprint density at radius 1 is 1.29 bits per heavy atom. The monoisotopic (exact) mass is 445 g/mol. The number of hydrogen-bond acceptors (Lipinski definition) is 2. The highest BCUT2D eigenvalue weighted by molar-refractivity contribution is 9.38. The third-order valence-corrected chi connectivity index (χ3v) is 3.31. The second-order valence-corrected chi connectivity index (χ2v) is 10.2. The first-order valence-electron chi connectivity index (χ1n) is 3.55. The fourth-order valence-electron chi connectivity index (χ4n) is 1.03. The molecule has 0 bridgehead atoms. The lowest BCUT2D eigenvalue weighted by Gasteiger charge is -2.13. The zero-order valence-electron chi connectivity index (χ0n) is 6.59. The first-order valence-corrected chi connectivity index (χ1v) is 6.73. The van der Waals surface area contributed by atoms with Crippen LogP contribution in [0.25, 0.3) is 5.65 Å². The number of fused-ring (bicyclic) bond motifs is 1. The highest BCUT2D eigenvalue weighted by atomic mass is 80.0. The van der Waals surface area contributed by atoms with Crippen LogP contribution in [0.5, 0.6) is 0 Å². The van der Waals surface area contributed by atoms with Crippen LogP contribution in [-0.4, -0.2) is 14.6 Å². The SMILES string of the molecule is Brc1cn2nccc2nc1C(Br)(Br)Br. The first-order chi connectivity index (χ1) is 6.48. The van der Waals surface area contributed by atoms with Gasteiger partial charge >= 0.3 is 0 Å². The molecular weight excluding hydrogens is 446 g/mol. The maximum atomic E-state index is 4.42. The summed E-state index contributed by atoms with van der Waals surface area (Å²) in [6, 6.07) is 1.84. The average Bonchev–Trinajstić information content (AvgIpc) is 2.47. The lowest BCUT2D eigenvalue weighted by Crippen LogP contribution is -2.05.